The molecule has 0 saturated heterocycles. The fourth-order valence-corrected chi connectivity index (χ4v) is 3.77. The van der Waals surface area contributed by atoms with Gasteiger partial charge in [-0.2, -0.15) is 0 Å². The van der Waals surface area contributed by atoms with Gasteiger partial charge in [-0.25, -0.2) is 9.97 Å². The molecule has 0 aliphatic heterocycles. The van der Waals surface area contributed by atoms with Crippen LogP contribution in [0, 0.1) is 0 Å². The predicted octanol–water partition coefficient (Wildman–Crippen LogP) is 3.46. The number of hydrogen-bond donors (Lipinski definition) is 2. The quantitative estimate of drug-likeness (QED) is 0.482. The highest BCUT2D eigenvalue weighted by Gasteiger charge is 2.23. The molecule has 3 N–H and O–H groups in total. The van der Waals surface area contributed by atoms with Gasteiger partial charge < -0.3 is 20.2 Å². The van der Waals surface area contributed by atoms with Gasteiger partial charge in [-0.05, 0) is 43.9 Å². The SMILES string of the molecule is Nc1cc(OC2CCC(Nc3ccc(-c4nnco4)cn3)CC2)c2nccnc2c1. The van der Waals surface area contributed by atoms with Gasteiger partial charge in [-0.3, -0.25) is 4.98 Å². The minimum Gasteiger partial charge on any atom is -0.488 e. The number of fused-ring (bicyclic) bond motifs is 1. The summed E-state index contributed by atoms with van der Waals surface area (Å²) < 4.78 is 11.4. The first-order chi connectivity index (χ1) is 14.7. The van der Waals surface area contributed by atoms with Crippen LogP contribution in [0.1, 0.15) is 25.7 Å². The number of hydrogen-bond acceptors (Lipinski definition) is 9. The van der Waals surface area contributed by atoms with Gasteiger partial charge in [-0.15, -0.1) is 10.2 Å². The smallest absolute Gasteiger partial charge is 0.248 e. The van der Waals surface area contributed by atoms with Gasteiger partial charge in [0, 0.05) is 36.4 Å². The summed E-state index contributed by atoms with van der Waals surface area (Å²) in [5.41, 5.74) is 8.92. The standard InChI is InChI=1S/C21H21N7O2/c22-14-9-17-20(24-8-7-23-17)18(10-14)30-16-4-2-15(3-5-16)27-19-6-1-13(11-25-19)21-28-26-12-29-21/h1,6-12,15-16H,2-5,22H2,(H,25,27). The Hall–Kier alpha value is -3.75. The Balaban J connectivity index is 1.19. The zero-order valence-corrected chi connectivity index (χ0v) is 16.2. The lowest BCUT2D eigenvalue weighted by Crippen LogP contribution is -2.31. The van der Waals surface area contributed by atoms with Crippen LogP contribution in [-0.4, -0.2) is 37.3 Å². The summed E-state index contributed by atoms with van der Waals surface area (Å²) in [4.78, 5) is 13.2. The molecule has 0 amide bonds. The van der Waals surface area contributed by atoms with Crippen molar-refractivity contribution in [1.29, 1.82) is 0 Å². The molecule has 0 bridgehead atoms. The number of nitrogen functional groups attached to an aromatic ring is 1. The maximum absolute atomic E-state index is 6.26. The number of aromatic nitrogens is 5. The summed E-state index contributed by atoms with van der Waals surface area (Å²) in [7, 11) is 0. The van der Waals surface area contributed by atoms with Crippen LogP contribution in [-0.2, 0) is 0 Å². The Bertz CT molecular complexity index is 1120. The zero-order valence-electron chi connectivity index (χ0n) is 16.2. The largest absolute Gasteiger partial charge is 0.488 e. The Morgan fingerprint density at radius 2 is 1.90 bits per heavy atom. The number of ether oxygens (including phenoxy) is 1. The Kier molecular flexibility index (Phi) is 4.84. The summed E-state index contributed by atoms with van der Waals surface area (Å²) in [6.45, 7) is 0. The minimum absolute atomic E-state index is 0.128. The van der Waals surface area contributed by atoms with E-state index in [4.69, 9.17) is 14.9 Å². The number of rotatable bonds is 5. The highest BCUT2D eigenvalue weighted by molar-refractivity contribution is 5.84. The van der Waals surface area contributed by atoms with Crippen LogP contribution < -0.4 is 15.8 Å². The van der Waals surface area contributed by atoms with E-state index in [1.807, 2.05) is 24.3 Å². The fourth-order valence-electron chi connectivity index (χ4n) is 3.77. The lowest BCUT2D eigenvalue weighted by Gasteiger charge is -2.30. The van der Waals surface area contributed by atoms with Crippen LogP contribution in [0.25, 0.3) is 22.5 Å². The number of pyridine rings is 1. The lowest BCUT2D eigenvalue weighted by molar-refractivity contribution is 0.152. The average molecular weight is 403 g/mol. The second-order valence-electron chi connectivity index (χ2n) is 7.35. The number of nitrogens with two attached hydrogens (primary N) is 1. The third-order valence-electron chi connectivity index (χ3n) is 5.25. The number of nitrogens with zero attached hydrogens (tertiary/aromatic N) is 5. The van der Waals surface area contributed by atoms with E-state index in [0.717, 1.165) is 48.1 Å². The van der Waals surface area contributed by atoms with E-state index in [1.54, 1.807) is 18.6 Å². The molecule has 3 aromatic heterocycles. The normalized spacial score (nSPS) is 18.9. The summed E-state index contributed by atoms with van der Waals surface area (Å²) in [6, 6.07) is 7.84. The molecule has 9 heteroatoms. The van der Waals surface area contributed by atoms with E-state index in [9.17, 15) is 0 Å². The van der Waals surface area contributed by atoms with Crippen molar-refractivity contribution in [1.82, 2.24) is 25.1 Å². The number of anilines is 2. The maximum atomic E-state index is 6.26. The van der Waals surface area contributed by atoms with Gasteiger partial charge in [0.05, 0.1) is 17.2 Å². The second kappa shape index (κ2) is 7.94. The summed E-state index contributed by atoms with van der Waals surface area (Å²) >= 11 is 0. The van der Waals surface area contributed by atoms with Gasteiger partial charge in [0.2, 0.25) is 12.3 Å². The molecule has 5 rings (SSSR count). The summed E-state index contributed by atoms with van der Waals surface area (Å²) in [5.74, 6) is 2.00. The molecular formula is C21H21N7O2. The summed E-state index contributed by atoms with van der Waals surface area (Å²) in [6.07, 6.45) is 10.4. The molecule has 3 heterocycles. The highest BCUT2D eigenvalue weighted by atomic mass is 16.5. The van der Waals surface area contributed by atoms with Gasteiger partial charge in [0.25, 0.3) is 0 Å². The van der Waals surface area contributed by atoms with Crippen LogP contribution >= 0.6 is 0 Å². The maximum Gasteiger partial charge on any atom is 0.248 e. The molecule has 1 aromatic carbocycles. The molecule has 0 atom stereocenters. The number of benzene rings is 1. The lowest BCUT2D eigenvalue weighted by atomic mass is 9.93. The van der Waals surface area contributed by atoms with E-state index in [2.05, 4.69) is 30.5 Å². The van der Waals surface area contributed by atoms with Crippen LogP contribution in [0.2, 0.25) is 0 Å². The van der Waals surface area contributed by atoms with E-state index >= 15 is 0 Å². The first kappa shape index (κ1) is 18.3. The van der Waals surface area contributed by atoms with E-state index in [-0.39, 0.29) is 6.10 Å². The van der Waals surface area contributed by atoms with Crippen molar-refractivity contribution in [2.45, 2.75) is 37.8 Å². The van der Waals surface area contributed by atoms with Crippen LogP contribution in [0.5, 0.6) is 5.75 Å². The third kappa shape index (κ3) is 3.86. The monoisotopic (exact) mass is 403 g/mol. The molecule has 4 aromatic rings. The number of nitrogens with one attached hydrogen (secondary N) is 1. The van der Waals surface area contributed by atoms with Gasteiger partial charge in [-0.1, -0.05) is 0 Å². The molecular weight excluding hydrogens is 382 g/mol. The molecule has 30 heavy (non-hydrogen) atoms. The van der Waals surface area contributed by atoms with Crippen molar-refractivity contribution < 1.29 is 9.15 Å². The van der Waals surface area contributed by atoms with E-state index in [0.29, 0.717) is 23.4 Å². The molecule has 1 aliphatic rings. The predicted molar refractivity (Wildman–Crippen MR) is 112 cm³/mol. The van der Waals surface area contributed by atoms with Crippen LogP contribution in [0.15, 0.2) is 53.7 Å². The Labute approximate surface area is 172 Å². The van der Waals surface area contributed by atoms with Gasteiger partial charge in [0.1, 0.15) is 17.1 Å². The van der Waals surface area contributed by atoms with Crippen molar-refractivity contribution in [2.24, 2.45) is 0 Å². The molecule has 1 fully saturated rings. The molecule has 9 nitrogen and oxygen atoms in total. The average Bonchev–Trinajstić information content (AvgIpc) is 3.30. The first-order valence-corrected chi connectivity index (χ1v) is 9.90. The van der Waals surface area contributed by atoms with Gasteiger partial charge in [0.15, 0.2) is 0 Å². The first-order valence-electron chi connectivity index (χ1n) is 9.90. The molecule has 0 radical (unpaired) electrons. The highest BCUT2D eigenvalue weighted by Crippen LogP contribution is 2.31. The van der Waals surface area contributed by atoms with Crippen molar-refractivity contribution in [3.63, 3.8) is 0 Å². The second-order valence-corrected chi connectivity index (χ2v) is 7.35. The Morgan fingerprint density at radius 3 is 2.67 bits per heavy atom. The van der Waals surface area contributed by atoms with Crippen molar-refractivity contribution in [3.05, 3.63) is 49.2 Å². The topological polar surface area (TPSA) is 125 Å². The molecule has 1 aliphatic carbocycles. The molecule has 152 valence electrons. The molecule has 0 spiro atoms. The van der Waals surface area contributed by atoms with E-state index < -0.39 is 0 Å². The van der Waals surface area contributed by atoms with Crippen LogP contribution in [0.3, 0.4) is 0 Å². The zero-order chi connectivity index (χ0) is 20.3. The Morgan fingerprint density at radius 1 is 1.03 bits per heavy atom. The van der Waals surface area contributed by atoms with Crippen LogP contribution in [0.4, 0.5) is 11.5 Å². The molecule has 0 unspecified atom stereocenters. The van der Waals surface area contributed by atoms with Crippen molar-refractivity contribution in [3.8, 4) is 17.2 Å². The minimum atomic E-state index is 0.128. The van der Waals surface area contributed by atoms with Gasteiger partial charge >= 0.3 is 0 Å². The van der Waals surface area contributed by atoms with E-state index in [1.165, 1.54) is 6.39 Å². The van der Waals surface area contributed by atoms with Crippen molar-refractivity contribution in [2.75, 3.05) is 11.1 Å². The third-order valence-corrected chi connectivity index (χ3v) is 5.25. The summed E-state index contributed by atoms with van der Waals surface area (Å²) in [5, 5.41) is 11.1. The molecule has 1 saturated carbocycles. The van der Waals surface area contributed by atoms with Crippen molar-refractivity contribution >= 4 is 22.5 Å². The fraction of sp³-hybridized carbons (Fsp3) is 0.286.